The van der Waals surface area contributed by atoms with Crippen LogP contribution in [0.25, 0.3) is 0 Å². The second-order valence-electron chi connectivity index (χ2n) is 4.18. The summed E-state index contributed by atoms with van der Waals surface area (Å²) < 4.78 is 5.31. The Kier molecular flexibility index (Phi) is 4.82. The Bertz CT molecular complexity index is 557. The van der Waals surface area contributed by atoms with Crippen LogP contribution in [0.1, 0.15) is 23.3 Å². The Morgan fingerprint density at radius 2 is 2.21 bits per heavy atom. The average molecular weight is 301 g/mol. The summed E-state index contributed by atoms with van der Waals surface area (Å²) in [5.41, 5.74) is 0.602. The van der Waals surface area contributed by atoms with E-state index in [1.54, 1.807) is 24.4 Å². The largest absolute Gasteiger partial charge is 0.445 e. The van der Waals surface area contributed by atoms with Crippen LogP contribution in [-0.2, 0) is 6.54 Å². The van der Waals surface area contributed by atoms with Crippen LogP contribution in [0.4, 0.5) is 0 Å². The highest BCUT2D eigenvalue weighted by atomic mass is 35.5. The van der Waals surface area contributed by atoms with Gasteiger partial charge in [0.05, 0.1) is 18.8 Å². The van der Waals surface area contributed by atoms with Gasteiger partial charge in [0.25, 0.3) is 0 Å². The van der Waals surface area contributed by atoms with Gasteiger partial charge in [-0.15, -0.1) is 0 Å². The fourth-order valence-electron chi connectivity index (χ4n) is 1.68. The van der Waals surface area contributed by atoms with Crippen LogP contribution < -0.4 is 5.32 Å². The molecule has 1 unspecified atom stereocenters. The number of benzene rings is 1. The van der Waals surface area contributed by atoms with E-state index < -0.39 is 6.10 Å². The predicted molar refractivity (Wildman–Crippen MR) is 74.4 cm³/mol. The van der Waals surface area contributed by atoms with E-state index in [2.05, 4.69) is 10.3 Å². The van der Waals surface area contributed by atoms with Gasteiger partial charge in [-0.3, -0.25) is 0 Å². The maximum Gasteiger partial charge on any atom is 0.208 e. The Morgan fingerprint density at radius 3 is 2.89 bits per heavy atom. The van der Waals surface area contributed by atoms with Gasteiger partial charge >= 0.3 is 0 Å². The molecule has 19 heavy (non-hydrogen) atoms. The maximum absolute atomic E-state index is 10.1. The molecule has 4 nitrogen and oxygen atoms in total. The minimum absolute atomic E-state index is 0.335. The summed E-state index contributed by atoms with van der Waals surface area (Å²) in [4.78, 5) is 4.06. The van der Waals surface area contributed by atoms with Gasteiger partial charge in [0.2, 0.25) is 5.89 Å². The van der Waals surface area contributed by atoms with Crippen molar-refractivity contribution in [3.63, 3.8) is 0 Å². The van der Waals surface area contributed by atoms with Gasteiger partial charge in [-0.2, -0.15) is 0 Å². The number of oxazole rings is 1. The molecule has 0 bridgehead atoms. The molecular weight excluding hydrogens is 287 g/mol. The van der Waals surface area contributed by atoms with Crippen LogP contribution in [0.15, 0.2) is 28.8 Å². The average Bonchev–Trinajstić information content (AvgIpc) is 2.78. The van der Waals surface area contributed by atoms with E-state index in [1.807, 2.05) is 6.92 Å². The molecule has 6 heteroatoms. The van der Waals surface area contributed by atoms with Crippen LogP contribution in [0.5, 0.6) is 0 Å². The molecule has 0 saturated carbocycles. The molecule has 0 aliphatic rings. The quantitative estimate of drug-likeness (QED) is 0.891. The molecule has 0 radical (unpaired) electrons. The zero-order valence-corrected chi connectivity index (χ0v) is 11.9. The van der Waals surface area contributed by atoms with E-state index in [0.717, 1.165) is 5.76 Å². The van der Waals surface area contributed by atoms with Crippen molar-refractivity contribution < 1.29 is 9.52 Å². The fraction of sp³-hybridized carbons (Fsp3) is 0.308. The van der Waals surface area contributed by atoms with Gasteiger partial charge in [-0.05, 0) is 25.1 Å². The lowest BCUT2D eigenvalue weighted by atomic mass is 10.1. The molecule has 0 spiro atoms. The second-order valence-corrected chi connectivity index (χ2v) is 5.02. The molecule has 0 aliphatic carbocycles. The van der Waals surface area contributed by atoms with Crippen molar-refractivity contribution >= 4 is 23.2 Å². The summed E-state index contributed by atoms with van der Waals surface area (Å²) in [6.45, 7) is 2.61. The van der Waals surface area contributed by atoms with E-state index >= 15 is 0 Å². The van der Waals surface area contributed by atoms with E-state index in [-0.39, 0.29) is 0 Å². The van der Waals surface area contributed by atoms with Crippen LogP contribution in [0, 0.1) is 6.92 Å². The molecule has 2 rings (SSSR count). The molecule has 1 atom stereocenters. The standard InChI is InChI=1S/C13H14Cl2N2O2/c1-8-5-17-13(19-8)7-16-6-12(18)10-4-9(14)2-3-11(10)15/h2-5,12,16,18H,6-7H2,1H3. The molecule has 0 saturated heterocycles. The van der Waals surface area contributed by atoms with Crippen molar-refractivity contribution in [3.8, 4) is 0 Å². The molecule has 102 valence electrons. The molecule has 0 aliphatic heterocycles. The van der Waals surface area contributed by atoms with E-state index in [4.69, 9.17) is 27.6 Å². The minimum Gasteiger partial charge on any atom is -0.445 e. The van der Waals surface area contributed by atoms with E-state index in [1.165, 1.54) is 0 Å². The Labute approximate surface area is 121 Å². The number of hydrogen-bond acceptors (Lipinski definition) is 4. The van der Waals surface area contributed by atoms with Gasteiger partial charge < -0.3 is 14.8 Å². The highest BCUT2D eigenvalue weighted by Gasteiger charge is 2.12. The number of halogens is 2. The van der Waals surface area contributed by atoms with E-state index in [9.17, 15) is 5.11 Å². The van der Waals surface area contributed by atoms with Crippen molar-refractivity contribution in [2.45, 2.75) is 19.6 Å². The summed E-state index contributed by atoms with van der Waals surface area (Å²) in [5.74, 6) is 1.34. The Hall–Kier alpha value is -1.07. The van der Waals surface area contributed by atoms with E-state index in [0.29, 0.717) is 34.6 Å². The first-order chi connectivity index (χ1) is 9.06. The molecular formula is C13H14Cl2N2O2. The van der Waals surface area contributed by atoms with Gasteiger partial charge in [-0.25, -0.2) is 4.98 Å². The number of rotatable bonds is 5. The third kappa shape index (κ3) is 3.94. The van der Waals surface area contributed by atoms with Crippen molar-refractivity contribution in [1.29, 1.82) is 0 Å². The number of aryl methyl sites for hydroxylation is 1. The number of aliphatic hydroxyl groups is 1. The molecule has 2 aromatic rings. The highest BCUT2D eigenvalue weighted by Crippen LogP contribution is 2.25. The summed E-state index contributed by atoms with van der Waals surface area (Å²) in [7, 11) is 0. The predicted octanol–water partition coefficient (Wildman–Crippen LogP) is 3.11. The first-order valence-electron chi connectivity index (χ1n) is 5.81. The lowest BCUT2D eigenvalue weighted by Gasteiger charge is -2.13. The van der Waals surface area contributed by atoms with Gasteiger partial charge in [0.15, 0.2) is 0 Å². The van der Waals surface area contributed by atoms with Crippen LogP contribution >= 0.6 is 23.2 Å². The lowest BCUT2D eigenvalue weighted by molar-refractivity contribution is 0.173. The van der Waals surface area contributed by atoms with Crippen LogP contribution in [-0.4, -0.2) is 16.6 Å². The summed E-state index contributed by atoms with van der Waals surface area (Å²) in [6, 6.07) is 5.01. The number of nitrogens with zero attached hydrogens (tertiary/aromatic N) is 1. The van der Waals surface area contributed by atoms with Crippen molar-refractivity contribution in [1.82, 2.24) is 10.3 Å². The SMILES string of the molecule is Cc1cnc(CNCC(O)c2cc(Cl)ccc2Cl)o1. The maximum atomic E-state index is 10.1. The number of aromatic nitrogens is 1. The zero-order chi connectivity index (χ0) is 13.8. The lowest BCUT2D eigenvalue weighted by Crippen LogP contribution is -2.21. The van der Waals surface area contributed by atoms with Crippen molar-refractivity contribution in [3.05, 3.63) is 51.7 Å². The topological polar surface area (TPSA) is 58.3 Å². The summed E-state index contributed by atoms with van der Waals surface area (Å²) in [6.07, 6.45) is 0.920. The smallest absolute Gasteiger partial charge is 0.208 e. The van der Waals surface area contributed by atoms with Crippen molar-refractivity contribution in [2.75, 3.05) is 6.54 Å². The number of nitrogens with one attached hydrogen (secondary N) is 1. The third-order valence-electron chi connectivity index (χ3n) is 2.60. The second kappa shape index (κ2) is 6.39. The Balaban J connectivity index is 1.90. The number of aliphatic hydroxyl groups excluding tert-OH is 1. The summed E-state index contributed by atoms with van der Waals surface area (Å²) >= 11 is 11.9. The molecule has 1 heterocycles. The number of hydrogen-bond donors (Lipinski definition) is 2. The van der Waals surface area contributed by atoms with Crippen molar-refractivity contribution in [2.24, 2.45) is 0 Å². The molecule has 1 aromatic carbocycles. The Morgan fingerprint density at radius 1 is 1.42 bits per heavy atom. The normalized spacial score (nSPS) is 12.6. The molecule has 1 aromatic heterocycles. The summed E-state index contributed by atoms with van der Waals surface area (Å²) in [5, 5.41) is 14.1. The minimum atomic E-state index is -0.734. The van der Waals surface area contributed by atoms with Gasteiger partial charge in [0.1, 0.15) is 5.76 Å². The molecule has 2 N–H and O–H groups in total. The first-order valence-corrected chi connectivity index (χ1v) is 6.57. The monoisotopic (exact) mass is 300 g/mol. The molecule has 0 amide bonds. The van der Waals surface area contributed by atoms with Crippen LogP contribution in [0.2, 0.25) is 10.0 Å². The highest BCUT2D eigenvalue weighted by molar-refractivity contribution is 6.33. The van der Waals surface area contributed by atoms with Gasteiger partial charge in [0, 0.05) is 22.2 Å². The first kappa shape index (κ1) is 14.3. The van der Waals surface area contributed by atoms with Crippen LogP contribution in [0.3, 0.4) is 0 Å². The molecule has 0 fully saturated rings. The van der Waals surface area contributed by atoms with Gasteiger partial charge in [-0.1, -0.05) is 23.2 Å². The zero-order valence-electron chi connectivity index (χ0n) is 10.4. The fourth-order valence-corrected chi connectivity index (χ4v) is 2.10. The third-order valence-corrected chi connectivity index (χ3v) is 3.18.